The Balaban J connectivity index is 1.59. The molecule has 1 heterocycles. The van der Waals surface area contributed by atoms with Crippen LogP contribution in [0.25, 0.3) is 0 Å². The molecule has 1 aliphatic rings. The molecule has 0 saturated carbocycles. The van der Waals surface area contributed by atoms with E-state index in [1.165, 1.54) is 4.31 Å². The second-order valence-electron chi connectivity index (χ2n) is 8.07. The highest BCUT2D eigenvalue weighted by Gasteiger charge is 2.34. The fourth-order valence-corrected chi connectivity index (χ4v) is 5.70. The third-order valence-electron chi connectivity index (χ3n) is 5.81. The van der Waals surface area contributed by atoms with Crippen LogP contribution in [0.4, 0.5) is 0 Å². The van der Waals surface area contributed by atoms with E-state index in [1.54, 1.807) is 38.5 Å². The van der Waals surface area contributed by atoms with E-state index in [0.29, 0.717) is 37.4 Å². The van der Waals surface area contributed by atoms with E-state index >= 15 is 0 Å². The van der Waals surface area contributed by atoms with Crippen molar-refractivity contribution in [3.05, 3.63) is 53.6 Å². The van der Waals surface area contributed by atoms with E-state index in [9.17, 15) is 13.2 Å². The van der Waals surface area contributed by atoms with Crippen LogP contribution >= 0.6 is 0 Å². The maximum absolute atomic E-state index is 13.2. The van der Waals surface area contributed by atoms with Gasteiger partial charge in [0.15, 0.2) is 11.5 Å². The summed E-state index contributed by atoms with van der Waals surface area (Å²) in [6, 6.07) is 12.2. The molecule has 1 amide bonds. The molecule has 1 saturated heterocycles. The van der Waals surface area contributed by atoms with Gasteiger partial charge in [0.1, 0.15) is 0 Å². The summed E-state index contributed by atoms with van der Waals surface area (Å²) in [4.78, 5) is 12.9. The number of sulfonamides is 1. The average molecular weight is 461 g/mol. The molecule has 0 unspecified atom stereocenters. The summed E-state index contributed by atoms with van der Waals surface area (Å²) in [7, 11) is -0.448. The second-order valence-corrected chi connectivity index (χ2v) is 9.96. The summed E-state index contributed by atoms with van der Waals surface area (Å²) in [5.74, 6) is 1.17. The van der Waals surface area contributed by atoms with Gasteiger partial charge in [0.05, 0.1) is 19.1 Å². The first kappa shape index (κ1) is 24.1. The first-order valence-corrected chi connectivity index (χ1v) is 12.3. The summed E-state index contributed by atoms with van der Waals surface area (Å²) in [5.41, 5.74) is 2.03. The van der Waals surface area contributed by atoms with E-state index in [0.717, 1.165) is 24.0 Å². The van der Waals surface area contributed by atoms with Gasteiger partial charge < -0.3 is 14.8 Å². The molecule has 2 aromatic carbocycles. The smallest absolute Gasteiger partial charge is 0.243 e. The molecule has 0 spiro atoms. The lowest BCUT2D eigenvalue weighted by Crippen LogP contribution is -2.46. The van der Waals surface area contributed by atoms with E-state index in [4.69, 9.17) is 9.47 Å². The summed E-state index contributed by atoms with van der Waals surface area (Å²) in [6.07, 6.45) is 3.22. The standard InChI is InChI=1S/C24H32N2O5S/c1-18-7-10-21(11-8-18)32(28,29)26-15-5-4-6-20(26)17-24(27)25-14-13-19-9-12-22(30-2)23(16-19)31-3/h7-12,16,20H,4-6,13-15,17H2,1-3H3,(H,25,27)/t20-/m0/s1. The topological polar surface area (TPSA) is 84.9 Å². The molecule has 0 aliphatic carbocycles. The van der Waals surface area contributed by atoms with Crippen molar-refractivity contribution in [2.45, 2.75) is 50.0 Å². The minimum atomic E-state index is -3.62. The predicted molar refractivity (Wildman–Crippen MR) is 124 cm³/mol. The Morgan fingerprint density at radius 3 is 2.47 bits per heavy atom. The van der Waals surface area contributed by atoms with Crippen molar-refractivity contribution in [3.63, 3.8) is 0 Å². The lowest BCUT2D eigenvalue weighted by molar-refractivity contribution is -0.122. The molecule has 2 aromatic rings. The van der Waals surface area contributed by atoms with Crippen molar-refractivity contribution in [2.75, 3.05) is 27.3 Å². The van der Waals surface area contributed by atoms with Gasteiger partial charge in [-0.2, -0.15) is 4.31 Å². The van der Waals surface area contributed by atoms with Gasteiger partial charge in [0.25, 0.3) is 0 Å². The van der Waals surface area contributed by atoms with Crippen LogP contribution in [-0.2, 0) is 21.2 Å². The minimum absolute atomic E-state index is 0.138. The molecule has 3 rings (SSSR count). The number of methoxy groups -OCH3 is 2. The zero-order valence-corrected chi connectivity index (χ0v) is 19.8. The number of amides is 1. The van der Waals surface area contributed by atoms with Gasteiger partial charge in [-0.05, 0) is 56.0 Å². The number of carbonyl (C=O) groups excluding carboxylic acids is 1. The zero-order chi connectivity index (χ0) is 23.1. The third-order valence-corrected chi connectivity index (χ3v) is 7.77. The third kappa shape index (κ3) is 5.81. The lowest BCUT2D eigenvalue weighted by atomic mass is 10.0. The average Bonchev–Trinajstić information content (AvgIpc) is 2.79. The molecule has 1 fully saturated rings. The van der Waals surface area contributed by atoms with Gasteiger partial charge >= 0.3 is 0 Å². The fourth-order valence-electron chi connectivity index (χ4n) is 4.01. The molecule has 32 heavy (non-hydrogen) atoms. The van der Waals surface area contributed by atoms with Gasteiger partial charge in [-0.15, -0.1) is 0 Å². The quantitative estimate of drug-likeness (QED) is 0.621. The maximum atomic E-state index is 13.2. The van der Waals surface area contributed by atoms with E-state index in [1.807, 2.05) is 25.1 Å². The molecule has 174 valence electrons. The largest absolute Gasteiger partial charge is 0.493 e. The normalized spacial score (nSPS) is 17.0. The van der Waals surface area contributed by atoms with Crippen molar-refractivity contribution < 1.29 is 22.7 Å². The summed E-state index contributed by atoms with van der Waals surface area (Å²) in [6.45, 7) is 2.83. The fraction of sp³-hybridized carbons (Fsp3) is 0.458. The van der Waals surface area contributed by atoms with E-state index in [2.05, 4.69) is 5.32 Å². The molecular formula is C24H32N2O5S. The highest BCUT2D eigenvalue weighted by molar-refractivity contribution is 7.89. The molecule has 1 aliphatic heterocycles. The number of aryl methyl sites for hydroxylation is 1. The number of rotatable bonds is 9. The van der Waals surface area contributed by atoms with Crippen molar-refractivity contribution >= 4 is 15.9 Å². The lowest BCUT2D eigenvalue weighted by Gasteiger charge is -2.34. The predicted octanol–water partition coefficient (Wildman–Crippen LogP) is 3.30. The zero-order valence-electron chi connectivity index (χ0n) is 19.0. The molecule has 1 atom stereocenters. The van der Waals surface area contributed by atoms with Gasteiger partial charge in [-0.25, -0.2) is 8.42 Å². The highest BCUT2D eigenvalue weighted by Crippen LogP contribution is 2.28. The molecule has 8 heteroatoms. The minimum Gasteiger partial charge on any atom is -0.493 e. The molecule has 0 aromatic heterocycles. The highest BCUT2D eigenvalue weighted by atomic mass is 32.2. The molecule has 1 N–H and O–H groups in total. The number of hydrogen-bond donors (Lipinski definition) is 1. The van der Waals surface area contributed by atoms with Crippen LogP contribution < -0.4 is 14.8 Å². The molecular weight excluding hydrogens is 428 g/mol. The van der Waals surface area contributed by atoms with Crippen LogP contribution in [0.1, 0.15) is 36.8 Å². The maximum Gasteiger partial charge on any atom is 0.243 e. The van der Waals surface area contributed by atoms with Crippen LogP contribution in [0.15, 0.2) is 47.4 Å². The van der Waals surface area contributed by atoms with Gasteiger partial charge in [-0.3, -0.25) is 4.79 Å². The van der Waals surface area contributed by atoms with Crippen LogP contribution in [0, 0.1) is 6.92 Å². The van der Waals surface area contributed by atoms with Crippen LogP contribution in [0.3, 0.4) is 0 Å². The second kappa shape index (κ2) is 10.8. The summed E-state index contributed by atoms with van der Waals surface area (Å²) in [5, 5.41) is 2.93. The van der Waals surface area contributed by atoms with Crippen LogP contribution in [0.5, 0.6) is 11.5 Å². The molecule has 7 nitrogen and oxygen atoms in total. The van der Waals surface area contributed by atoms with E-state index < -0.39 is 10.0 Å². The molecule has 0 bridgehead atoms. The SMILES string of the molecule is COc1ccc(CCNC(=O)C[C@@H]2CCCCN2S(=O)(=O)c2ccc(C)cc2)cc1OC. The van der Waals surface area contributed by atoms with Gasteiger partial charge in [-0.1, -0.05) is 30.2 Å². The number of hydrogen-bond acceptors (Lipinski definition) is 5. The Bertz CT molecular complexity index is 1020. The number of carbonyl (C=O) groups is 1. The van der Waals surface area contributed by atoms with Crippen molar-refractivity contribution in [1.82, 2.24) is 9.62 Å². The van der Waals surface area contributed by atoms with Crippen molar-refractivity contribution in [1.29, 1.82) is 0 Å². The first-order chi connectivity index (χ1) is 15.3. The number of nitrogens with one attached hydrogen (secondary N) is 1. The summed E-state index contributed by atoms with van der Waals surface area (Å²) < 4.78 is 38.4. The van der Waals surface area contributed by atoms with E-state index in [-0.39, 0.29) is 23.3 Å². The van der Waals surface area contributed by atoms with Crippen molar-refractivity contribution in [2.24, 2.45) is 0 Å². The first-order valence-electron chi connectivity index (χ1n) is 10.9. The Morgan fingerprint density at radius 1 is 1.06 bits per heavy atom. The van der Waals surface area contributed by atoms with Crippen LogP contribution in [-0.4, -0.2) is 52.0 Å². The summed E-state index contributed by atoms with van der Waals surface area (Å²) >= 11 is 0. The Hall–Kier alpha value is -2.58. The monoisotopic (exact) mass is 460 g/mol. The molecule has 0 radical (unpaired) electrons. The number of piperidine rings is 1. The Labute approximate surface area is 190 Å². The van der Waals surface area contributed by atoms with Gasteiger partial charge in [0, 0.05) is 25.6 Å². The van der Waals surface area contributed by atoms with Crippen LogP contribution in [0.2, 0.25) is 0 Å². The number of benzene rings is 2. The van der Waals surface area contributed by atoms with Crippen molar-refractivity contribution in [3.8, 4) is 11.5 Å². The van der Waals surface area contributed by atoms with Gasteiger partial charge in [0.2, 0.25) is 15.9 Å². The number of ether oxygens (including phenoxy) is 2. The Morgan fingerprint density at radius 2 is 1.78 bits per heavy atom. The number of nitrogens with zero attached hydrogens (tertiary/aromatic N) is 1. The Kier molecular flexibility index (Phi) is 8.15.